The van der Waals surface area contributed by atoms with E-state index in [1.807, 2.05) is 18.2 Å². The van der Waals surface area contributed by atoms with Crippen LogP contribution in [0.5, 0.6) is 5.75 Å². The van der Waals surface area contributed by atoms with E-state index in [9.17, 15) is 9.59 Å². The zero-order valence-electron chi connectivity index (χ0n) is 12.4. The Morgan fingerprint density at radius 1 is 1.27 bits per heavy atom. The molecule has 0 saturated carbocycles. The van der Waals surface area contributed by atoms with E-state index >= 15 is 0 Å². The van der Waals surface area contributed by atoms with Gasteiger partial charge in [0, 0.05) is 33.0 Å². The Labute approximate surface area is 128 Å². The van der Waals surface area contributed by atoms with Gasteiger partial charge in [-0.05, 0) is 12.1 Å². The second kappa shape index (κ2) is 5.36. The van der Waals surface area contributed by atoms with Gasteiger partial charge in [-0.1, -0.05) is 24.8 Å². The number of benzene rings is 1. The molecule has 116 valence electrons. The molecule has 2 saturated heterocycles. The molecule has 0 bridgehead atoms. The highest BCUT2D eigenvalue weighted by atomic mass is 16.6. The normalized spacial score (nSPS) is 20.2. The van der Waals surface area contributed by atoms with Gasteiger partial charge in [0.05, 0.1) is 5.70 Å². The lowest BCUT2D eigenvalue weighted by molar-refractivity contribution is 0.0187. The molecule has 1 aromatic rings. The average Bonchev–Trinajstić information content (AvgIpc) is 2.73. The Morgan fingerprint density at radius 3 is 2.45 bits per heavy atom. The summed E-state index contributed by atoms with van der Waals surface area (Å²) in [6, 6.07) is 8.95. The maximum absolute atomic E-state index is 12.1. The van der Waals surface area contributed by atoms with E-state index in [4.69, 9.17) is 9.47 Å². The predicted octanol–water partition coefficient (Wildman–Crippen LogP) is 2.62. The number of likely N-dealkylation sites (N-methyl/N-ethyl adjacent to an activating group) is 1. The fourth-order valence-corrected chi connectivity index (χ4v) is 2.81. The van der Waals surface area contributed by atoms with Crippen molar-refractivity contribution in [2.75, 3.05) is 20.1 Å². The molecule has 2 aliphatic rings. The molecular weight excluding hydrogens is 284 g/mol. The lowest BCUT2D eigenvalue weighted by atomic mass is 9.89. The van der Waals surface area contributed by atoms with Gasteiger partial charge in [-0.3, -0.25) is 4.90 Å². The number of carbonyl (C=O) groups excluding carboxylic acids is 2. The van der Waals surface area contributed by atoms with Gasteiger partial charge >= 0.3 is 12.2 Å². The van der Waals surface area contributed by atoms with Crippen molar-refractivity contribution in [1.29, 1.82) is 0 Å². The summed E-state index contributed by atoms with van der Waals surface area (Å²) in [5, 5.41) is 0. The van der Waals surface area contributed by atoms with Crippen LogP contribution in [0.3, 0.4) is 0 Å². The third-order valence-corrected chi connectivity index (χ3v) is 4.27. The molecule has 0 aliphatic carbocycles. The molecule has 0 N–H and O–H groups in total. The molecular formula is C16H18N2O4. The van der Waals surface area contributed by atoms with Gasteiger partial charge < -0.3 is 14.4 Å². The number of hydrogen-bond acceptors (Lipinski definition) is 4. The molecule has 2 heterocycles. The van der Waals surface area contributed by atoms with Crippen molar-refractivity contribution in [3.05, 3.63) is 42.6 Å². The summed E-state index contributed by atoms with van der Waals surface area (Å²) < 4.78 is 10.8. The molecule has 1 spiro atoms. The first-order valence-corrected chi connectivity index (χ1v) is 7.20. The topological polar surface area (TPSA) is 59.1 Å². The largest absolute Gasteiger partial charge is 0.436 e. The Morgan fingerprint density at radius 2 is 1.91 bits per heavy atom. The lowest BCUT2D eigenvalue weighted by Gasteiger charge is -2.37. The van der Waals surface area contributed by atoms with Gasteiger partial charge in [-0.2, -0.15) is 0 Å². The summed E-state index contributed by atoms with van der Waals surface area (Å²) in [5.74, 6) is 0.518. The zero-order chi connectivity index (χ0) is 15.7. The highest BCUT2D eigenvalue weighted by Crippen LogP contribution is 2.39. The van der Waals surface area contributed by atoms with Gasteiger partial charge in [-0.25, -0.2) is 9.59 Å². The fourth-order valence-electron chi connectivity index (χ4n) is 2.81. The standard InChI is InChI=1S/C16H18N2O4/c1-12-16(22-14(19)17(12)2)8-10-18(11-9-16)15(20)21-13-6-4-3-5-7-13/h3-7H,1,8-11H2,2H3. The van der Waals surface area contributed by atoms with E-state index in [2.05, 4.69) is 6.58 Å². The maximum atomic E-state index is 12.1. The quantitative estimate of drug-likeness (QED) is 0.800. The molecule has 1 aromatic carbocycles. The molecule has 22 heavy (non-hydrogen) atoms. The second-order valence-corrected chi connectivity index (χ2v) is 5.54. The van der Waals surface area contributed by atoms with E-state index in [1.54, 1.807) is 24.1 Å². The van der Waals surface area contributed by atoms with Crippen molar-refractivity contribution in [3.63, 3.8) is 0 Å². The van der Waals surface area contributed by atoms with E-state index in [0.717, 1.165) is 0 Å². The molecule has 6 nitrogen and oxygen atoms in total. The maximum Gasteiger partial charge on any atom is 0.415 e. The Balaban J connectivity index is 1.61. The number of carbonyl (C=O) groups is 2. The van der Waals surface area contributed by atoms with E-state index in [1.165, 1.54) is 4.90 Å². The van der Waals surface area contributed by atoms with Crippen LogP contribution in [0.1, 0.15) is 12.8 Å². The fraction of sp³-hybridized carbons (Fsp3) is 0.375. The van der Waals surface area contributed by atoms with Gasteiger partial charge in [0.1, 0.15) is 5.75 Å². The summed E-state index contributed by atoms with van der Waals surface area (Å²) in [7, 11) is 1.65. The van der Waals surface area contributed by atoms with Crippen molar-refractivity contribution in [2.24, 2.45) is 0 Å². The number of hydrogen-bond donors (Lipinski definition) is 0. The number of amides is 2. The van der Waals surface area contributed by atoms with Crippen LogP contribution in [0, 0.1) is 0 Å². The molecule has 0 atom stereocenters. The molecule has 0 radical (unpaired) electrons. The van der Waals surface area contributed by atoms with Crippen LogP contribution in [0.4, 0.5) is 9.59 Å². The van der Waals surface area contributed by atoms with Gasteiger partial charge in [0.25, 0.3) is 0 Å². The second-order valence-electron chi connectivity index (χ2n) is 5.54. The highest BCUT2D eigenvalue weighted by Gasteiger charge is 2.49. The van der Waals surface area contributed by atoms with Crippen LogP contribution in [-0.4, -0.2) is 47.7 Å². The summed E-state index contributed by atoms with van der Waals surface area (Å²) in [5.41, 5.74) is -0.0106. The molecule has 2 amide bonds. The molecule has 2 fully saturated rings. The van der Waals surface area contributed by atoms with Crippen LogP contribution < -0.4 is 4.74 Å². The molecule has 0 unspecified atom stereocenters. The molecule has 3 rings (SSSR count). The lowest BCUT2D eigenvalue weighted by Crippen LogP contribution is -2.48. The third kappa shape index (κ3) is 2.41. The molecule has 2 aliphatic heterocycles. The van der Waals surface area contributed by atoms with E-state index < -0.39 is 5.60 Å². The molecule has 6 heteroatoms. The summed E-state index contributed by atoms with van der Waals surface area (Å²) >= 11 is 0. The number of nitrogens with zero attached hydrogens (tertiary/aromatic N) is 2. The monoisotopic (exact) mass is 302 g/mol. The molecule has 0 aromatic heterocycles. The predicted molar refractivity (Wildman–Crippen MR) is 79.4 cm³/mol. The number of piperidine rings is 1. The smallest absolute Gasteiger partial charge is 0.415 e. The van der Waals surface area contributed by atoms with E-state index in [0.29, 0.717) is 37.4 Å². The number of para-hydroxylation sites is 1. The van der Waals surface area contributed by atoms with Gasteiger partial charge in [-0.15, -0.1) is 0 Å². The number of ether oxygens (including phenoxy) is 2. The summed E-state index contributed by atoms with van der Waals surface area (Å²) in [4.78, 5) is 26.8. The Kier molecular flexibility index (Phi) is 3.52. The first-order chi connectivity index (χ1) is 10.5. The van der Waals surface area contributed by atoms with Crippen molar-refractivity contribution >= 4 is 12.2 Å². The highest BCUT2D eigenvalue weighted by molar-refractivity contribution is 5.75. The minimum Gasteiger partial charge on any atom is -0.436 e. The van der Waals surface area contributed by atoms with Crippen LogP contribution in [0.15, 0.2) is 42.6 Å². The van der Waals surface area contributed by atoms with Crippen LogP contribution >= 0.6 is 0 Å². The minimum absolute atomic E-state index is 0.384. The Bertz CT molecular complexity index is 606. The first kappa shape index (κ1) is 14.4. The van der Waals surface area contributed by atoms with Crippen LogP contribution in [-0.2, 0) is 4.74 Å². The number of likely N-dealkylation sites (tertiary alicyclic amines) is 1. The van der Waals surface area contributed by atoms with Crippen molar-refractivity contribution < 1.29 is 19.1 Å². The van der Waals surface area contributed by atoms with Crippen molar-refractivity contribution in [3.8, 4) is 5.75 Å². The Hall–Kier alpha value is -2.50. The van der Waals surface area contributed by atoms with Gasteiger partial charge in [0.2, 0.25) is 0 Å². The summed E-state index contributed by atoms with van der Waals surface area (Å²) in [6.45, 7) is 4.87. The third-order valence-electron chi connectivity index (χ3n) is 4.27. The van der Waals surface area contributed by atoms with E-state index in [-0.39, 0.29) is 12.2 Å². The first-order valence-electron chi connectivity index (χ1n) is 7.20. The van der Waals surface area contributed by atoms with Crippen molar-refractivity contribution in [2.45, 2.75) is 18.4 Å². The summed E-state index contributed by atoms with van der Waals surface area (Å²) in [6.07, 6.45) is 0.298. The average molecular weight is 302 g/mol. The van der Waals surface area contributed by atoms with Crippen molar-refractivity contribution in [1.82, 2.24) is 9.80 Å². The van der Waals surface area contributed by atoms with Gasteiger partial charge in [0.15, 0.2) is 5.60 Å². The van der Waals surface area contributed by atoms with Crippen LogP contribution in [0.25, 0.3) is 0 Å². The minimum atomic E-state index is -0.671. The number of rotatable bonds is 1. The zero-order valence-corrected chi connectivity index (χ0v) is 12.4. The SMILES string of the molecule is C=C1N(C)C(=O)OC12CCN(C(=O)Oc1ccccc1)CC2. The van der Waals surface area contributed by atoms with Crippen LogP contribution in [0.2, 0.25) is 0 Å².